The second-order valence-corrected chi connectivity index (χ2v) is 8.12. The van der Waals surface area contributed by atoms with Crippen LogP contribution in [0.5, 0.6) is 0 Å². The van der Waals surface area contributed by atoms with Crippen LogP contribution < -0.4 is 10.9 Å². The van der Waals surface area contributed by atoms with E-state index in [4.69, 9.17) is 11.6 Å². The Bertz CT molecular complexity index is 1340. The number of rotatable bonds is 6. The number of carbonyl (C=O) groups is 1. The van der Waals surface area contributed by atoms with Crippen molar-refractivity contribution in [3.63, 3.8) is 0 Å². The molecule has 0 bridgehead atoms. The van der Waals surface area contributed by atoms with E-state index < -0.39 is 0 Å². The number of aryl methyl sites for hydroxylation is 2. The topological polar surface area (TPSA) is 68.9 Å². The number of hydrogen-bond acceptors (Lipinski definition) is 3. The molecule has 4 rings (SSSR count). The average Bonchev–Trinajstić information content (AvgIpc) is 3.02. The summed E-state index contributed by atoms with van der Waals surface area (Å²) >= 11 is 5.98. The smallest absolute Gasteiger partial charge is 0.276 e. The quantitative estimate of drug-likeness (QED) is 0.481. The zero-order valence-electron chi connectivity index (χ0n) is 17.7. The van der Waals surface area contributed by atoms with Gasteiger partial charge in [0.05, 0.1) is 11.6 Å². The van der Waals surface area contributed by atoms with Gasteiger partial charge in [0.2, 0.25) is 5.91 Å². The lowest BCUT2D eigenvalue weighted by Crippen LogP contribution is -2.33. The minimum absolute atomic E-state index is 0.198. The van der Waals surface area contributed by atoms with Gasteiger partial charge in [0.25, 0.3) is 5.56 Å². The molecule has 1 N–H and O–H groups in total. The molecule has 8 heteroatoms. The molecular formula is C24H22ClFN4O2. The molecule has 0 saturated heterocycles. The van der Waals surface area contributed by atoms with Crippen molar-refractivity contribution in [3.05, 3.63) is 98.4 Å². The summed E-state index contributed by atoms with van der Waals surface area (Å²) in [6.07, 6.45) is 1.63. The van der Waals surface area contributed by atoms with Crippen molar-refractivity contribution in [3.8, 4) is 0 Å². The van der Waals surface area contributed by atoms with E-state index in [2.05, 4.69) is 15.0 Å². The molecule has 2 aromatic carbocycles. The van der Waals surface area contributed by atoms with Crippen LogP contribution in [0.2, 0.25) is 5.02 Å². The summed E-state index contributed by atoms with van der Waals surface area (Å²) in [5.74, 6) is -0.684. The molecule has 2 heterocycles. The predicted molar refractivity (Wildman–Crippen MR) is 122 cm³/mol. The van der Waals surface area contributed by atoms with Crippen LogP contribution in [-0.2, 0) is 24.4 Å². The van der Waals surface area contributed by atoms with Gasteiger partial charge in [0, 0.05) is 34.9 Å². The van der Waals surface area contributed by atoms with E-state index in [9.17, 15) is 14.0 Å². The first-order valence-corrected chi connectivity index (χ1v) is 10.5. The van der Waals surface area contributed by atoms with Crippen LogP contribution in [-0.4, -0.2) is 20.3 Å². The highest BCUT2D eigenvalue weighted by Crippen LogP contribution is 2.23. The Balaban J connectivity index is 1.56. The molecule has 2 aromatic heterocycles. The zero-order valence-corrected chi connectivity index (χ0v) is 18.5. The van der Waals surface area contributed by atoms with Gasteiger partial charge in [-0.3, -0.25) is 9.59 Å². The molecule has 0 fully saturated rings. The highest BCUT2D eigenvalue weighted by atomic mass is 35.5. The van der Waals surface area contributed by atoms with Gasteiger partial charge in [0.15, 0.2) is 0 Å². The maximum atomic E-state index is 13.1. The van der Waals surface area contributed by atoms with Gasteiger partial charge in [-0.05, 0) is 49.2 Å². The van der Waals surface area contributed by atoms with E-state index in [0.29, 0.717) is 17.0 Å². The first-order valence-electron chi connectivity index (χ1n) is 10.1. The zero-order chi connectivity index (χ0) is 22.8. The second kappa shape index (κ2) is 8.96. The van der Waals surface area contributed by atoms with Crippen LogP contribution in [0.15, 0.2) is 59.5 Å². The lowest BCUT2D eigenvalue weighted by molar-refractivity contribution is -0.122. The number of nitrogens with one attached hydrogen (secondary N) is 1. The van der Waals surface area contributed by atoms with Crippen LogP contribution in [0.4, 0.5) is 4.39 Å². The minimum atomic E-state index is -0.349. The van der Waals surface area contributed by atoms with Crippen molar-refractivity contribution in [2.45, 2.75) is 33.5 Å². The van der Waals surface area contributed by atoms with Crippen LogP contribution in [0.3, 0.4) is 0 Å². The summed E-state index contributed by atoms with van der Waals surface area (Å²) in [5, 5.41) is 8.94. The molecule has 0 atom stereocenters. The molecule has 0 spiro atoms. The third kappa shape index (κ3) is 4.43. The Labute approximate surface area is 189 Å². The SMILES string of the molecule is Cc1c2cnn(CC(=O)NCc3ccc(F)cc3)c(=O)c2c(C)n1Cc1ccc(Cl)cc1. The van der Waals surface area contributed by atoms with E-state index in [1.807, 2.05) is 38.1 Å². The Morgan fingerprint density at radius 2 is 1.69 bits per heavy atom. The van der Waals surface area contributed by atoms with Gasteiger partial charge in [-0.1, -0.05) is 35.9 Å². The van der Waals surface area contributed by atoms with Gasteiger partial charge < -0.3 is 9.88 Å². The summed E-state index contributed by atoms with van der Waals surface area (Å²) in [5.41, 5.74) is 3.27. The molecule has 0 saturated carbocycles. The fourth-order valence-corrected chi connectivity index (χ4v) is 3.89. The summed E-state index contributed by atoms with van der Waals surface area (Å²) in [6.45, 7) is 4.49. The van der Waals surface area contributed by atoms with E-state index in [1.165, 1.54) is 16.8 Å². The normalized spacial score (nSPS) is 11.1. The number of amides is 1. The molecule has 32 heavy (non-hydrogen) atoms. The maximum Gasteiger partial charge on any atom is 0.276 e. The van der Waals surface area contributed by atoms with Gasteiger partial charge in [-0.2, -0.15) is 5.10 Å². The van der Waals surface area contributed by atoms with Crippen LogP contribution in [0, 0.1) is 19.7 Å². The highest BCUT2D eigenvalue weighted by molar-refractivity contribution is 6.30. The van der Waals surface area contributed by atoms with E-state index >= 15 is 0 Å². The molecule has 0 aliphatic carbocycles. The standard InChI is InChI=1S/C24H22ClFN4O2/c1-15-21-12-28-30(14-22(31)27-11-17-5-9-20(26)10-6-17)24(32)23(21)16(2)29(15)13-18-3-7-19(25)8-4-18/h3-10,12H,11,13-14H2,1-2H3,(H,27,31). The van der Waals surface area contributed by atoms with E-state index in [-0.39, 0.29) is 30.4 Å². The lowest BCUT2D eigenvalue weighted by Gasteiger charge is -2.09. The van der Waals surface area contributed by atoms with Crippen molar-refractivity contribution < 1.29 is 9.18 Å². The minimum Gasteiger partial charge on any atom is -0.350 e. The van der Waals surface area contributed by atoms with Crippen LogP contribution in [0.25, 0.3) is 10.8 Å². The molecule has 1 amide bonds. The number of benzene rings is 2. The fraction of sp³-hybridized carbons (Fsp3) is 0.208. The molecule has 164 valence electrons. The number of aromatic nitrogens is 3. The maximum absolute atomic E-state index is 13.1. The van der Waals surface area contributed by atoms with Gasteiger partial charge in [0.1, 0.15) is 12.4 Å². The molecule has 0 aliphatic rings. The summed E-state index contributed by atoms with van der Waals surface area (Å²) in [4.78, 5) is 25.5. The molecule has 6 nitrogen and oxygen atoms in total. The Morgan fingerprint density at radius 1 is 1.03 bits per heavy atom. The van der Waals surface area contributed by atoms with Crippen molar-refractivity contribution >= 4 is 28.3 Å². The third-order valence-electron chi connectivity index (χ3n) is 5.56. The Hall–Kier alpha value is -3.45. The van der Waals surface area contributed by atoms with Gasteiger partial charge in [-0.25, -0.2) is 9.07 Å². The fourth-order valence-electron chi connectivity index (χ4n) is 3.76. The number of hydrogen-bond donors (Lipinski definition) is 1. The van der Waals surface area contributed by atoms with Crippen molar-refractivity contribution in [1.29, 1.82) is 0 Å². The largest absolute Gasteiger partial charge is 0.350 e. The predicted octanol–water partition coefficient (Wildman–Crippen LogP) is 3.97. The molecular weight excluding hydrogens is 431 g/mol. The van der Waals surface area contributed by atoms with E-state index in [0.717, 1.165) is 27.9 Å². The molecule has 0 radical (unpaired) electrons. The third-order valence-corrected chi connectivity index (χ3v) is 5.81. The first kappa shape index (κ1) is 21.8. The first-order chi connectivity index (χ1) is 15.3. The van der Waals surface area contributed by atoms with Gasteiger partial charge in [-0.15, -0.1) is 0 Å². The Morgan fingerprint density at radius 3 is 2.38 bits per heavy atom. The van der Waals surface area contributed by atoms with Crippen molar-refractivity contribution in [2.75, 3.05) is 0 Å². The molecule has 0 aliphatic heterocycles. The van der Waals surface area contributed by atoms with Crippen molar-refractivity contribution in [2.24, 2.45) is 0 Å². The average molecular weight is 453 g/mol. The second-order valence-electron chi connectivity index (χ2n) is 7.68. The lowest BCUT2D eigenvalue weighted by atomic mass is 10.2. The summed E-state index contributed by atoms with van der Waals surface area (Å²) in [6, 6.07) is 13.4. The number of carbonyl (C=O) groups excluding carboxylic acids is 1. The highest BCUT2D eigenvalue weighted by Gasteiger charge is 2.17. The van der Waals surface area contributed by atoms with Crippen LogP contribution in [0.1, 0.15) is 22.5 Å². The van der Waals surface area contributed by atoms with Crippen LogP contribution >= 0.6 is 11.6 Å². The molecule has 0 unspecified atom stereocenters. The Kier molecular flexibility index (Phi) is 6.10. The molecule has 4 aromatic rings. The van der Waals surface area contributed by atoms with Crippen molar-refractivity contribution in [1.82, 2.24) is 19.7 Å². The van der Waals surface area contributed by atoms with E-state index in [1.54, 1.807) is 18.3 Å². The monoisotopic (exact) mass is 452 g/mol. The summed E-state index contributed by atoms with van der Waals surface area (Å²) < 4.78 is 16.2. The number of halogens is 2. The number of fused-ring (bicyclic) bond motifs is 1. The van der Waals surface area contributed by atoms with Gasteiger partial charge >= 0.3 is 0 Å². The number of nitrogens with zero attached hydrogens (tertiary/aromatic N) is 3. The summed E-state index contributed by atoms with van der Waals surface area (Å²) in [7, 11) is 0.